The molecule has 5 rings (SSSR count). The van der Waals surface area contributed by atoms with Crippen molar-refractivity contribution in [3.8, 4) is 0 Å². The lowest BCUT2D eigenvalue weighted by atomic mass is 9.78. The van der Waals surface area contributed by atoms with Gasteiger partial charge in [0.2, 0.25) is 0 Å². The molecule has 2 aliphatic heterocycles. The minimum atomic E-state index is -0.560. The Balaban J connectivity index is 0.000000325. The second-order valence-electron chi connectivity index (χ2n) is 10.1. The van der Waals surface area contributed by atoms with E-state index in [0.717, 1.165) is 27.6 Å². The molecule has 0 spiro atoms. The zero-order valence-electron chi connectivity index (χ0n) is 21.2. The van der Waals surface area contributed by atoms with Gasteiger partial charge in [0, 0.05) is 22.1 Å². The van der Waals surface area contributed by atoms with E-state index in [-0.39, 0.29) is 22.8 Å². The quantitative estimate of drug-likeness (QED) is 0.337. The average molecular weight is 555 g/mol. The molecule has 36 heavy (non-hydrogen) atoms. The molecule has 0 radical (unpaired) electrons. The van der Waals surface area contributed by atoms with Crippen LogP contribution in [0.2, 0.25) is 0 Å². The first-order valence-electron chi connectivity index (χ1n) is 12.0. The van der Waals surface area contributed by atoms with E-state index in [4.69, 9.17) is 9.31 Å². The third-order valence-electron chi connectivity index (χ3n) is 6.94. The van der Waals surface area contributed by atoms with Crippen molar-refractivity contribution in [1.82, 2.24) is 4.98 Å². The van der Waals surface area contributed by atoms with Crippen LogP contribution in [0, 0.1) is 18.6 Å². The number of benzene rings is 2. The normalized spacial score (nSPS) is 20.1. The Hall–Kier alpha value is -2.42. The van der Waals surface area contributed by atoms with Crippen LogP contribution < -0.4 is 5.46 Å². The van der Waals surface area contributed by atoms with Crippen LogP contribution in [0.1, 0.15) is 63.4 Å². The molecule has 2 aromatic carbocycles. The zero-order valence-corrected chi connectivity index (χ0v) is 22.8. The van der Waals surface area contributed by atoms with Gasteiger partial charge in [-0.3, -0.25) is 9.98 Å². The first-order chi connectivity index (χ1) is 17.0. The summed E-state index contributed by atoms with van der Waals surface area (Å²) in [4.78, 5) is 8.63. The van der Waals surface area contributed by atoms with Crippen molar-refractivity contribution < 1.29 is 18.1 Å². The van der Waals surface area contributed by atoms with E-state index in [1.165, 1.54) is 18.2 Å². The Kier molecular flexibility index (Phi) is 7.79. The van der Waals surface area contributed by atoms with Crippen molar-refractivity contribution in [2.24, 2.45) is 4.99 Å². The fraction of sp³-hybridized carbons (Fsp3) is 0.357. The molecule has 0 bridgehead atoms. The fourth-order valence-corrected chi connectivity index (χ4v) is 4.33. The molecule has 1 unspecified atom stereocenters. The molecule has 8 heteroatoms. The van der Waals surface area contributed by atoms with E-state index in [1.54, 1.807) is 6.20 Å². The van der Waals surface area contributed by atoms with Gasteiger partial charge >= 0.3 is 7.12 Å². The van der Waals surface area contributed by atoms with Crippen LogP contribution in [0.25, 0.3) is 0 Å². The number of nitrogens with zero attached hydrogens (tertiary/aromatic N) is 2. The van der Waals surface area contributed by atoms with Crippen LogP contribution in [-0.2, 0) is 9.31 Å². The van der Waals surface area contributed by atoms with E-state index < -0.39 is 18.8 Å². The highest BCUT2D eigenvalue weighted by atomic mass is 79.9. The van der Waals surface area contributed by atoms with Gasteiger partial charge in [-0.05, 0) is 98.7 Å². The second-order valence-corrected chi connectivity index (χ2v) is 11.0. The van der Waals surface area contributed by atoms with Crippen LogP contribution in [0.4, 0.5) is 8.78 Å². The van der Waals surface area contributed by atoms with E-state index in [9.17, 15) is 8.78 Å². The van der Waals surface area contributed by atoms with Gasteiger partial charge in [-0.2, -0.15) is 0 Å². The molecule has 2 aliphatic rings. The van der Waals surface area contributed by atoms with Crippen LogP contribution in [-0.4, -0.2) is 29.0 Å². The summed E-state index contributed by atoms with van der Waals surface area (Å²) in [6.07, 6.45) is 3.08. The first-order valence-corrected chi connectivity index (χ1v) is 12.8. The van der Waals surface area contributed by atoms with Crippen molar-refractivity contribution in [2.45, 2.75) is 64.7 Å². The van der Waals surface area contributed by atoms with Crippen molar-refractivity contribution >= 4 is 34.2 Å². The number of hydrogen-bond acceptors (Lipinski definition) is 4. The van der Waals surface area contributed by atoms with Gasteiger partial charge < -0.3 is 9.31 Å². The Labute approximate surface area is 220 Å². The van der Waals surface area contributed by atoms with Gasteiger partial charge in [-0.15, -0.1) is 0 Å². The number of aromatic nitrogens is 1. The largest absolute Gasteiger partial charge is 0.494 e. The van der Waals surface area contributed by atoms with E-state index in [0.29, 0.717) is 12.1 Å². The summed E-state index contributed by atoms with van der Waals surface area (Å²) in [6, 6.07) is 15.7. The Morgan fingerprint density at radius 3 is 2.06 bits per heavy atom. The molecule has 0 N–H and O–H groups in total. The smallest absolute Gasteiger partial charge is 0.399 e. The fourth-order valence-electron chi connectivity index (χ4n) is 4.10. The van der Waals surface area contributed by atoms with Gasteiger partial charge in [0.25, 0.3) is 0 Å². The molecule has 3 aromatic rings. The predicted octanol–water partition coefficient (Wildman–Crippen LogP) is 6.74. The number of aryl methyl sites for hydroxylation is 1. The monoisotopic (exact) mass is 554 g/mol. The van der Waals surface area contributed by atoms with Gasteiger partial charge in [-0.1, -0.05) is 30.3 Å². The van der Waals surface area contributed by atoms with E-state index in [2.05, 4.69) is 25.9 Å². The van der Waals surface area contributed by atoms with Crippen LogP contribution in [0.15, 0.2) is 70.3 Å². The molecule has 0 amide bonds. The lowest BCUT2D eigenvalue weighted by molar-refractivity contribution is 0.00578. The lowest BCUT2D eigenvalue weighted by Gasteiger charge is -2.32. The number of hydrogen-bond donors (Lipinski definition) is 0. The summed E-state index contributed by atoms with van der Waals surface area (Å²) in [5.74, 6) is -1.12. The third kappa shape index (κ3) is 5.77. The van der Waals surface area contributed by atoms with Gasteiger partial charge in [0.05, 0.1) is 22.8 Å². The Morgan fingerprint density at radius 1 is 0.917 bits per heavy atom. The number of aliphatic imine (C=N–C) groups is 1. The Bertz CT molecular complexity index is 1190. The number of halogens is 3. The van der Waals surface area contributed by atoms with Crippen LogP contribution in [0.5, 0.6) is 0 Å². The maximum atomic E-state index is 14.0. The molecule has 188 valence electrons. The summed E-state index contributed by atoms with van der Waals surface area (Å²) >= 11 is 3.28. The summed E-state index contributed by atoms with van der Waals surface area (Å²) in [6.45, 7) is 10.1. The van der Waals surface area contributed by atoms with Crippen LogP contribution >= 0.6 is 15.9 Å². The minimum absolute atomic E-state index is 0.00108. The molecule has 1 atom stereocenters. The molecular weight excluding hydrogens is 525 g/mol. The lowest BCUT2D eigenvalue weighted by Crippen LogP contribution is -2.41. The van der Waals surface area contributed by atoms with Gasteiger partial charge in [-0.25, -0.2) is 8.78 Å². The topological polar surface area (TPSA) is 43.7 Å². The van der Waals surface area contributed by atoms with Crippen molar-refractivity contribution in [2.75, 3.05) is 0 Å². The van der Waals surface area contributed by atoms with Crippen molar-refractivity contribution in [3.05, 3.63) is 93.7 Å². The van der Waals surface area contributed by atoms with Crippen molar-refractivity contribution in [3.63, 3.8) is 0 Å². The average Bonchev–Trinajstić information content (AvgIpc) is 3.38. The zero-order chi connectivity index (χ0) is 26.1. The second kappa shape index (κ2) is 10.5. The third-order valence-corrected chi connectivity index (χ3v) is 7.41. The predicted molar refractivity (Wildman–Crippen MR) is 144 cm³/mol. The molecule has 0 aliphatic carbocycles. The molecule has 1 saturated heterocycles. The highest BCUT2D eigenvalue weighted by molar-refractivity contribution is 9.10. The van der Waals surface area contributed by atoms with E-state index in [1.807, 2.05) is 71.0 Å². The van der Waals surface area contributed by atoms with Gasteiger partial charge in [0.15, 0.2) is 0 Å². The number of rotatable bonds is 3. The Morgan fingerprint density at radius 2 is 1.53 bits per heavy atom. The highest BCUT2D eigenvalue weighted by Crippen LogP contribution is 2.37. The highest BCUT2D eigenvalue weighted by Gasteiger charge is 2.51. The molecule has 3 heterocycles. The molecule has 1 fully saturated rings. The standard InChI is InChI=1S/C22H24BF2NO2.C6H6BrN/c1-21(2)22(3,4)28-23(27-21)15-10-8-14(9-11-15)18-12-13-19(26-18)20-16(24)6-5-7-17(20)25;1-5-2-3-6(7)4-8-5/h5-11,18H,12-13H2,1-4H3;2-4H,1H3. The maximum Gasteiger partial charge on any atom is 0.494 e. The van der Waals surface area contributed by atoms with Crippen LogP contribution in [0.3, 0.4) is 0 Å². The first kappa shape index (κ1) is 26.6. The van der Waals surface area contributed by atoms with Crippen molar-refractivity contribution in [1.29, 1.82) is 0 Å². The summed E-state index contributed by atoms with van der Waals surface area (Å²) < 4.78 is 41.3. The number of pyridine rings is 1. The molecule has 1 aromatic heterocycles. The molecular formula is C28H30BBrF2N2O2. The van der Waals surface area contributed by atoms with E-state index >= 15 is 0 Å². The minimum Gasteiger partial charge on any atom is -0.399 e. The molecule has 0 saturated carbocycles. The summed E-state index contributed by atoms with van der Waals surface area (Å²) in [5.41, 5.74) is 2.75. The summed E-state index contributed by atoms with van der Waals surface area (Å²) in [7, 11) is -0.408. The van der Waals surface area contributed by atoms with Gasteiger partial charge in [0.1, 0.15) is 11.6 Å². The maximum absolute atomic E-state index is 14.0. The summed E-state index contributed by atoms with van der Waals surface area (Å²) in [5, 5.41) is 0. The SMILES string of the molecule is CC1(C)OB(c2ccc(C3CCC(c4c(F)cccc4F)=N3)cc2)OC1(C)C.Cc1ccc(Br)cn1. The molecule has 4 nitrogen and oxygen atoms in total.